The Labute approximate surface area is 852 Å². The lowest BCUT2D eigenvalue weighted by Gasteiger charge is -2.02. The summed E-state index contributed by atoms with van der Waals surface area (Å²) in [6.45, 7) is 49.7. The fourth-order valence-corrected chi connectivity index (χ4v) is 14.1. The van der Waals surface area contributed by atoms with Crippen LogP contribution in [0.5, 0.6) is 0 Å². The van der Waals surface area contributed by atoms with Crippen LogP contribution < -0.4 is 10.6 Å². The predicted octanol–water partition coefficient (Wildman–Crippen LogP) is 34.2. The van der Waals surface area contributed by atoms with E-state index in [4.69, 9.17) is 0 Å². The summed E-state index contributed by atoms with van der Waals surface area (Å²) >= 11 is 0. The lowest BCUT2D eigenvalue weighted by molar-refractivity contribution is 0.912. The molecule has 1 aliphatic carbocycles. The van der Waals surface area contributed by atoms with Gasteiger partial charge in [-0.1, -0.05) is 397 Å². The van der Waals surface area contributed by atoms with Crippen LogP contribution in [-0.2, 0) is 64.3 Å². The summed E-state index contributed by atoms with van der Waals surface area (Å²) in [4.78, 5) is 61.6. The van der Waals surface area contributed by atoms with E-state index >= 15 is 0 Å². The number of hydrogen-bond donors (Lipinski definition) is 0. The molecule has 742 valence electrons. The molecule has 15 nitrogen and oxygen atoms in total. The summed E-state index contributed by atoms with van der Waals surface area (Å²) in [6.07, 6.45) is 42.1. The molecule has 15 heteroatoms. The number of hydrogen-bond acceptors (Lipinski definition) is 15. The number of nitrogens with zero attached hydrogens (tertiary/aromatic N) is 15. The average Bonchev–Trinajstić information content (AvgIpc) is 1.40. The van der Waals surface area contributed by atoms with Crippen LogP contribution in [0.3, 0.4) is 0 Å². The van der Waals surface area contributed by atoms with Gasteiger partial charge in [0.1, 0.15) is 0 Å². The molecule has 0 spiro atoms. The highest BCUT2D eigenvalue weighted by Crippen LogP contribution is 2.34. The van der Waals surface area contributed by atoms with Gasteiger partial charge in [0.15, 0.2) is 11.6 Å². The first-order valence-electron chi connectivity index (χ1n) is 51.9. The lowest BCUT2D eigenvalue weighted by atomic mass is 10.0. The first-order valence-corrected chi connectivity index (χ1v) is 51.9. The van der Waals surface area contributed by atoms with Gasteiger partial charge in [0.25, 0.3) is 0 Å². The van der Waals surface area contributed by atoms with Crippen LogP contribution in [0.4, 0.5) is 40.1 Å². The average molecular weight is 1900 g/mol. The van der Waals surface area contributed by atoms with Gasteiger partial charge in [-0.05, 0) is 156 Å². The molecule has 14 heterocycles. The summed E-state index contributed by atoms with van der Waals surface area (Å²) in [5.41, 5.74) is 19.7. The Hall–Kier alpha value is -14.8. The number of aryl methyl sites for hydroxylation is 2. The summed E-state index contributed by atoms with van der Waals surface area (Å²) in [5.74, 6) is 1.66. The van der Waals surface area contributed by atoms with Crippen LogP contribution in [0, 0.1) is 0 Å². The highest BCUT2D eigenvalue weighted by Gasteiger charge is 2.13. The third-order valence-corrected chi connectivity index (χ3v) is 20.3. The van der Waals surface area contributed by atoms with Gasteiger partial charge in [-0.2, -0.15) is 0 Å². The van der Waals surface area contributed by atoms with E-state index in [1.165, 1.54) is 107 Å². The van der Waals surface area contributed by atoms with Crippen LogP contribution >= 0.6 is 0 Å². The summed E-state index contributed by atoms with van der Waals surface area (Å²) < 4.78 is 0. The number of rotatable bonds is 0. The molecule has 5 aromatic heterocycles. The van der Waals surface area contributed by atoms with Crippen molar-refractivity contribution in [3.05, 3.63) is 401 Å². The molecule has 0 radical (unpaired) electrons. The van der Waals surface area contributed by atoms with Crippen molar-refractivity contribution < 1.29 is 0 Å². The summed E-state index contributed by atoms with van der Waals surface area (Å²) in [7, 11) is 0. The fraction of sp³-hybridized carbons (Fsp3) is 0.283. The molecule has 0 saturated carbocycles. The molecule has 16 aromatic rings. The van der Waals surface area contributed by atoms with Gasteiger partial charge in [-0.25, -0.2) is 20.0 Å². The van der Waals surface area contributed by atoms with Crippen LogP contribution in [0.1, 0.15) is 234 Å². The molecule has 0 fully saturated rings. The Morgan fingerprint density at radius 1 is 0.239 bits per heavy atom. The van der Waals surface area contributed by atoms with Crippen molar-refractivity contribution in [1.82, 2.24) is 29.9 Å². The maximum atomic E-state index is 4.40. The van der Waals surface area contributed by atoms with Gasteiger partial charge >= 0.3 is 0 Å². The Morgan fingerprint density at radius 2 is 0.641 bits per heavy atom. The Kier molecular flexibility index (Phi) is 66.7. The minimum absolute atomic E-state index is 0.775. The monoisotopic (exact) mass is 1890 g/mol. The van der Waals surface area contributed by atoms with Gasteiger partial charge in [0.2, 0.25) is 0 Å². The van der Waals surface area contributed by atoms with E-state index in [1.54, 1.807) is 54.5 Å². The first-order chi connectivity index (χ1) is 70.5. The largest absolute Gasteiger partial charge is 0.288 e. The van der Waals surface area contributed by atoms with Crippen molar-refractivity contribution in [2.24, 2.45) is 44.9 Å². The van der Waals surface area contributed by atoms with Gasteiger partial charge in [0, 0.05) is 155 Å². The maximum Gasteiger partial charge on any atom is 0.173 e. The SMILES string of the molecule is C1=NCc2ccccc21.C1=Nc2c(ccc3ccccc23)C1.C1=Nc2ccccc2C1.C1=Nc2cccnc2C1.C1=Nc2ccncc2C1.C1=Nc2cnccc2C1.C1=Nc2ncccc2C1.C1=Nc2nccnc2C1.C1=c2ccccc2=NC1.CC.CC.CC.CC.CC.CC.CC.CC.CC.CC.CC.CC.c1ccc2c(c1)CCC2.c1ccc2cc3ccccc3cc2c1.c1ccc2ccccc2c1. The van der Waals surface area contributed by atoms with Gasteiger partial charge in [-0.15, -0.1) is 0 Å². The maximum absolute atomic E-state index is 4.40. The molecule has 0 unspecified atom stereocenters. The molecule has 0 atom stereocenters. The number of fused-ring (bicyclic) bond motifs is 15. The third kappa shape index (κ3) is 41.3. The standard InChI is InChI=1S/C14H10.C12H9N.C10H8.C9H10.3C8H7N.4C7H6N2.C6H5N3.12C2H6/c1-2-6-12-10-14-8-4-3-7-13(14)9-11(12)5-1;1-2-4-11-9(3-1)5-6-10-7-8-13-12(10)11;1-2-6-10-8-4-3-7-9(10)5-1;1-2-5-9-7-3-6-8(9)4-1;1-2-4-8-6-9-5-7(8)3-1;2*1-2-4-8-7(3-1)5-6-9-8;1-4-9-7-2-3-8-5-6(1)7;1-3-8-5-7-6(1)2-4-9-7;1-2-6-7(8-4-1)3-5-9-6;1-2-6-3-5-9-7(6)8-4-1;1-2-8-6-5(1)7-3-4-9-6;12*1-2/h1-10H;1-6,8H,7H2;1-8H;1-2,4-5H,3,6-7H2;1-5H,6H2;1-4,6H,5H2;1-5H,6H2;2-5H,1H2;1,3-5H,2H2;2*1-2,4-5H,3H2;2-4H,1H2;12*1-2H3. The molecular formula is C127H159N15. The number of benzene rings is 11. The van der Waals surface area contributed by atoms with E-state index in [2.05, 4.69) is 281 Å². The van der Waals surface area contributed by atoms with Crippen LogP contribution in [0.15, 0.2) is 374 Å². The van der Waals surface area contributed by atoms with E-state index in [-0.39, 0.29) is 0 Å². The van der Waals surface area contributed by atoms with Crippen LogP contribution in [0.2, 0.25) is 0 Å². The van der Waals surface area contributed by atoms with Crippen molar-refractivity contribution in [3.63, 3.8) is 0 Å². The molecule has 0 bridgehead atoms. The minimum Gasteiger partial charge on any atom is -0.288 e. The molecule has 9 aliphatic heterocycles. The number of aromatic nitrogens is 6. The van der Waals surface area contributed by atoms with Crippen molar-refractivity contribution in [1.29, 1.82) is 0 Å². The topological polar surface area (TPSA) is 189 Å². The molecule has 0 saturated heterocycles. The fourth-order valence-electron chi connectivity index (χ4n) is 14.1. The normalized spacial score (nSPS) is 11.5. The molecular weight excluding hydrogens is 1740 g/mol. The van der Waals surface area contributed by atoms with Gasteiger partial charge in [-0.3, -0.25) is 54.9 Å². The van der Waals surface area contributed by atoms with Crippen LogP contribution in [-0.4, -0.2) is 86.2 Å². The van der Waals surface area contributed by atoms with E-state index in [9.17, 15) is 0 Å². The Balaban J connectivity index is 0.000000391. The predicted molar refractivity (Wildman–Crippen MR) is 627 cm³/mol. The first kappa shape index (κ1) is 121. The van der Waals surface area contributed by atoms with Crippen LogP contribution in [0.25, 0.3) is 49.2 Å². The van der Waals surface area contributed by atoms with Gasteiger partial charge < -0.3 is 0 Å². The third-order valence-electron chi connectivity index (χ3n) is 20.3. The molecule has 0 N–H and O–H groups in total. The van der Waals surface area contributed by atoms with Crippen molar-refractivity contribution in [2.45, 2.75) is 237 Å². The van der Waals surface area contributed by atoms with E-state index in [0.29, 0.717) is 0 Å². The zero-order valence-electron chi connectivity index (χ0n) is 89.6. The quantitative estimate of drug-likeness (QED) is 0.136. The molecule has 26 rings (SSSR count). The number of aliphatic imine (C=N–C) groups is 8. The molecule has 142 heavy (non-hydrogen) atoms. The molecule has 10 aliphatic rings. The second-order valence-corrected chi connectivity index (χ2v) is 28.1. The second kappa shape index (κ2) is 78.0. The zero-order valence-corrected chi connectivity index (χ0v) is 89.6. The number of pyridine rings is 4. The highest BCUT2D eigenvalue weighted by molar-refractivity contribution is 5.99. The molecule has 0 amide bonds. The van der Waals surface area contributed by atoms with Gasteiger partial charge in [0.05, 0.1) is 64.5 Å². The van der Waals surface area contributed by atoms with Crippen molar-refractivity contribution >= 4 is 139 Å². The highest BCUT2D eigenvalue weighted by atomic mass is 15.0. The Bertz CT molecular complexity index is 5730. The summed E-state index contributed by atoms with van der Waals surface area (Å²) in [6, 6.07) is 96.1. The van der Waals surface area contributed by atoms with Crippen molar-refractivity contribution in [3.8, 4) is 0 Å². The van der Waals surface area contributed by atoms with E-state index in [0.717, 1.165) is 115 Å². The Morgan fingerprint density at radius 3 is 1.21 bits per heavy atom. The van der Waals surface area contributed by atoms with Crippen molar-refractivity contribution in [2.75, 3.05) is 6.54 Å². The smallest absolute Gasteiger partial charge is 0.173 e. The zero-order chi connectivity index (χ0) is 104. The minimum atomic E-state index is 0.775. The second-order valence-electron chi connectivity index (χ2n) is 28.1. The lowest BCUT2D eigenvalue weighted by Crippen LogP contribution is -2.19. The number of para-hydroxylation sites is 2. The molecule has 11 aromatic carbocycles. The summed E-state index contributed by atoms with van der Waals surface area (Å²) in [5, 5.41) is 12.8. The van der Waals surface area contributed by atoms with E-state index in [1.807, 2.05) is 301 Å². The van der Waals surface area contributed by atoms with E-state index < -0.39 is 0 Å².